The maximum Gasteiger partial charge on any atom is 0.146 e. The van der Waals surface area contributed by atoms with Crippen molar-refractivity contribution < 1.29 is 4.39 Å². The van der Waals surface area contributed by atoms with Crippen LogP contribution in [0.15, 0.2) is 18.2 Å². The number of nitrogens with zero attached hydrogens (tertiary/aromatic N) is 1. The molecule has 0 aliphatic rings. The maximum atomic E-state index is 14.0. The van der Waals surface area contributed by atoms with Gasteiger partial charge in [-0.1, -0.05) is 32.8 Å². The van der Waals surface area contributed by atoms with E-state index in [0.717, 1.165) is 31.5 Å². The molecule has 1 nitrogen and oxygen atoms in total. The number of hydrogen-bond acceptors (Lipinski definition) is 1. The highest BCUT2D eigenvalue weighted by molar-refractivity contribution is 6.17. The van der Waals surface area contributed by atoms with Crippen molar-refractivity contribution in [2.24, 2.45) is 5.92 Å². The number of alkyl halides is 1. The fourth-order valence-electron chi connectivity index (χ4n) is 2.15. The van der Waals surface area contributed by atoms with E-state index in [-0.39, 0.29) is 5.82 Å². The fraction of sp³-hybridized carbons (Fsp3) is 0.600. The van der Waals surface area contributed by atoms with Crippen molar-refractivity contribution >= 4 is 17.3 Å². The zero-order valence-corrected chi connectivity index (χ0v) is 12.3. The van der Waals surface area contributed by atoms with Gasteiger partial charge in [-0.05, 0) is 30.5 Å². The summed E-state index contributed by atoms with van der Waals surface area (Å²) in [5, 5.41) is 0. The van der Waals surface area contributed by atoms with Gasteiger partial charge in [0.05, 0.1) is 5.69 Å². The third-order valence-electron chi connectivity index (χ3n) is 3.52. The molecular weight excluding hydrogens is 249 g/mol. The first-order valence-electron chi connectivity index (χ1n) is 6.75. The van der Waals surface area contributed by atoms with E-state index in [2.05, 4.69) is 25.7 Å². The second kappa shape index (κ2) is 7.63. The minimum absolute atomic E-state index is 0.166. The maximum absolute atomic E-state index is 14.0. The molecule has 3 heteroatoms. The van der Waals surface area contributed by atoms with Crippen LogP contribution < -0.4 is 4.90 Å². The van der Waals surface area contributed by atoms with Crippen LogP contribution in [0, 0.1) is 11.7 Å². The molecule has 102 valence electrons. The summed E-state index contributed by atoms with van der Waals surface area (Å²) in [5.74, 6) is 0.814. The highest BCUT2D eigenvalue weighted by atomic mass is 35.5. The zero-order valence-electron chi connectivity index (χ0n) is 11.5. The van der Waals surface area contributed by atoms with E-state index in [0.29, 0.717) is 17.5 Å². The molecule has 0 saturated carbocycles. The summed E-state index contributed by atoms with van der Waals surface area (Å²) >= 11 is 5.71. The molecule has 0 fully saturated rings. The largest absolute Gasteiger partial charge is 0.369 e. The van der Waals surface area contributed by atoms with Crippen molar-refractivity contribution in [1.29, 1.82) is 0 Å². The van der Waals surface area contributed by atoms with E-state index >= 15 is 0 Å². The molecule has 0 aliphatic carbocycles. The summed E-state index contributed by atoms with van der Waals surface area (Å²) in [6, 6.07) is 5.29. The standard InChI is InChI=1S/C15H23ClFN/c1-4-12(5-2)11-18(6-3)15-8-7-13(10-16)9-14(15)17/h7-9,12H,4-6,10-11H2,1-3H3. The van der Waals surface area contributed by atoms with E-state index in [1.54, 1.807) is 0 Å². The van der Waals surface area contributed by atoms with Crippen LogP contribution in [0.5, 0.6) is 0 Å². The summed E-state index contributed by atoms with van der Waals surface area (Å²) in [4.78, 5) is 2.12. The average molecular weight is 272 g/mol. The van der Waals surface area contributed by atoms with Crippen molar-refractivity contribution in [1.82, 2.24) is 0 Å². The van der Waals surface area contributed by atoms with Crippen LogP contribution in [0.4, 0.5) is 10.1 Å². The number of rotatable bonds is 7. The number of benzene rings is 1. The molecule has 0 aliphatic heterocycles. The van der Waals surface area contributed by atoms with E-state index in [1.807, 2.05) is 12.1 Å². The van der Waals surface area contributed by atoms with E-state index in [9.17, 15) is 4.39 Å². The molecule has 1 aromatic rings. The third kappa shape index (κ3) is 3.88. The lowest BCUT2D eigenvalue weighted by Gasteiger charge is -2.28. The van der Waals surface area contributed by atoms with Gasteiger partial charge in [0.15, 0.2) is 0 Å². The molecule has 1 rings (SSSR count). The molecule has 0 amide bonds. The summed E-state index contributed by atoms with van der Waals surface area (Å²) in [6.07, 6.45) is 2.27. The van der Waals surface area contributed by atoms with E-state index < -0.39 is 0 Å². The van der Waals surface area contributed by atoms with Crippen LogP contribution >= 0.6 is 11.6 Å². The number of halogens is 2. The Morgan fingerprint density at radius 1 is 1.22 bits per heavy atom. The second-order valence-corrected chi connectivity index (χ2v) is 4.91. The van der Waals surface area contributed by atoms with E-state index in [4.69, 9.17) is 11.6 Å². The zero-order chi connectivity index (χ0) is 13.5. The molecule has 0 heterocycles. The van der Waals surface area contributed by atoms with Gasteiger partial charge in [-0.15, -0.1) is 11.6 Å². The molecule has 0 unspecified atom stereocenters. The van der Waals surface area contributed by atoms with Crippen molar-refractivity contribution in [2.45, 2.75) is 39.5 Å². The fourth-order valence-corrected chi connectivity index (χ4v) is 2.31. The Balaban J connectivity index is 2.87. The van der Waals surface area contributed by atoms with Crippen molar-refractivity contribution in [3.8, 4) is 0 Å². The first-order valence-corrected chi connectivity index (χ1v) is 7.28. The van der Waals surface area contributed by atoms with Crippen LogP contribution in [-0.4, -0.2) is 13.1 Å². The smallest absolute Gasteiger partial charge is 0.146 e. The van der Waals surface area contributed by atoms with Crippen LogP contribution in [0.3, 0.4) is 0 Å². The van der Waals surface area contributed by atoms with Gasteiger partial charge in [-0.3, -0.25) is 0 Å². The number of anilines is 1. The third-order valence-corrected chi connectivity index (χ3v) is 3.83. The number of hydrogen-bond donors (Lipinski definition) is 0. The Bertz CT molecular complexity index is 364. The Hall–Kier alpha value is -0.760. The summed E-state index contributed by atoms with van der Waals surface area (Å²) in [6.45, 7) is 8.19. The molecule has 0 bridgehead atoms. The molecule has 0 atom stereocenters. The summed E-state index contributed by atoms with van der Waals surface area (Å²) in [7, 11) is 0. The van der Waals surface area contributed by atoms with Crippen molar-refractivity contribution in [3.63, 3.8) is 0 Å². The second-order valence-electron chi connectivity index (χ2n) is 4.64. The SMILES string of the molecule is CCC(CC)CN(CC)c1ccc(CCl)cc1F. The monoisotopic (exact) mass is 271 g/mol. The minimum atomic E-state index is -0.166. The van der Waals surface area contributed by atoms with Gasteiger partial charge in [0.2, 0.25) is 0 Å². The van der Waals surface area contributed by atoms with Gasteiger partial charge in [0.1, 0.15) is 5.82 Å². The Morgan fingerprint density at radius 2 is 1.89 bits per heavy atom. The first kappa shape index (κ1) is 15.3. The highest BCUT2D eigenvalue weighted by Crippen LogP contribution is 2.23. The molecule has 18 heavy (non-hydrogen) atoms. The lowest BCUT2D eigenvalue weighted by molar-refractivity contribution is 0.482. The van der Waals surface area contributed by atoms with Gasteiger partial charge in [0, 0.05) is 19.0 Å². The highest BCUT2D eigenvalue weighted by Gasteiger charge is 2.14. The van der Waals surface area contributed by atoms with Crippen molar-refractivity contribution in [2.75, 3.05) is 18.0 Å². The van der Waals surface area contributed by atoms with E-state index in [1.165, 1.54) is 6.07 Å². The Morgan fingerprint density at radius 3 is 2.33 bits per heavy atom. The summed E-state index contributed by atoms with van der Waals surface area (Å²) in [5.41, 5.74) is 1.52. The lowest BCUT2D eigenvalue weighted by Crippen LogP contribution is -2.29. The van der Waals surface area contributed by atoms with Gasteiger partial charge in [-0.2, -0.15) is 0 Å². The molecule has 0 spiro atoms. The first-order chi connectivity index (χ1) is 8.65. The molecular formula is C15H23ClFN. The predicted octanol–water partition coefficient (Wildman–Crippen LogP) is 4.83. The van der Waals surface area contributed by atoms with Crippen LogP contribution in [0.1, 0.15) is 39.2 Å². The van der Waals surface area contributed by atoms with Gasteiger partial charge < -0.3 is 4.90 Å². The molecule has 0 saturated heterocycles. The normalized spacial score (nSPS) is 11.0. The van der Waals surface area contributed by atoms with Crippen LogP contribution in [-0.2, 0) is 5.88 Å². The summed E-state index contributed by atoms with van der Waals surface area (Å²) < 4.78 is 14.0. The van der Waals surface area contributed by atoms with Crippen LogP contribution in [0.25, 0.3) is 0 Å². The topological polar surface area (TPSA) is 3.24 Å². The Labute approximate surface area is 115 Å². The minimum Gasteiger partial charge on any atom is -0.369 e. The lowest BCUT2D eigenvalue weighted by atomic mass is 10.0. The van der Waals surface area contributed by atoms with Crippen molar-refractivity contribution in [3.05, 3.63) is 29.6 Å². The van der Waals surface area contributed by atoms with Gasteiger partial charge in [-0.25, -0.2) is 4.39 Å². The molecule has 1 aromatic carbocycles. The molecule has 0 aromatic heterocycles. The average Bonchev–Trinajstić information content (AvgIpc) is 2.41. The van der Waals surface area contributed by atoms with Gasteiger partial charge in [0.25, 0.3) is 0 Å². The molecule has 0 radical (unpaired) electrons. The molecule has 0 N–H and O–H groups in total. The van der Waals surface area contributed by atoms with Gasteiger partial charge >= 0.3 is 0 Å². The Kier molecular flexibility index (Phi) is 6.48. The quantitative estimate of drug-likeness (QED) is 0.642. The van der Waals surface area contributed by atoms with Crippen LogP contribution in [0.2, 0.25) is 0 Å². The predicted molar refractivity (Wildman–Crippen MR) is 77.9 cm³/mol.